The largest absolute Gasteiger partial charge is 0.456 e. The topological polar surface area (TPSA) is 29.3 Å². The highest BCUT2D eigenvalue weighted by molar-refractivity contribution is 7.27. The van der Waals surface area contributed by atoms with Crippen LogP contribution in [-0.2, 0) is 0 Å². The van der Waals surface area contributed by atoms with E-state index in [0.29, 0.717) is 0 Å². The van der Waals surface area contributed by atoms with Crippen molar-refractivity contribution >= 4 is 113 Å². The van der Waals surface area contributed by atoms with Crippen molar-refractivity contribution < 1.29 is 4.42 Å². The number of fused-ring (bicyclic) bond motifs is 11. The van der Waals surface area contributed by atoms with Gasteiger partial charge in [-0.2, -0.15) is 0 Å². The molecule has 4 aromatic heterocycles. The van der Waals surface area contributed by atoms with Gasteiger partial charge in [-0.3, -0.25) is 4.98 Å². The van der Waals surface area contributed by atoms with Gasteiger partial charge in [-0.15, -0.1) is 22.7 Å². The minimum absolute atomic E-state index is 0.874. The van der Waals surface area contributed by atoms with E-state index in [9.17, 15) is 0 Å². The zero-order valence-corrected chi connectivity index (χ0v) is 25.0. The zero-order chi connectivity index (χ0) is 28.8. The predicted octanol–water partition coefficient (Wildman–Crippen LogP) is 12.3. The Balaban J connectivity index is 1.27. The maximum absolute atomic E-state index is 6.37. The first-order chi connectivity index (χ1) is 21.8. The molecule has 0 fully saturated rings. The van der Waals surface area contributed by atoms with Crippen molar-refractivity contribution in [3.05, 3.63) is 134 Å². The van der Waals surface area contributed by atoms with Crippen molar-refractivity contribution in [3.8, 4) is 0 Å². The van der Waals surface area contributed by atoms with Crippen molar-refractivity contribution in [1.82, 2.24) is 4.98 Å². The standard InChI is InChI=1S/C39H22N2OS2/c1-2-8-26-23(7-1)13-16-31-32-21-40-22-33(39(32)44-38(26)31)41(24-14-17-28-27-9-3-5-11-34(27)42-35(28)19-24)25-15-18-30-29-10-4-6-12-36(29)43-37(30)20-25/h1-22H. The molecule has 0 aliphatic carbocycles. The molecule has 0 saturated heterocycles. The molecule has 0 spiro atoms. The third-order valence-electron chi connectivity index (χ3n) is 8.73. The number of pyridine rings is 1. The van der Waals surface area contributed by atoms with Crippen LogP contribution in [0.5, 0.6) is 0 Å². The molecule has 5 heteroatoms. The van der Waals surface area contributed by atoms with Gasteiger partial charge in [0, 0.05) is 70.1 Å². The van der Waals surface area contributed by atoms with Gasteiger partial charge >= 0.3 is 0 Å². The molecule has 0 atom stereocenters. The zero-order valence-electron chi connectivity index (χ0n) is 23.3. The summed E-state index contributed by atoms with van der Waals surface area (Å²) in [6.07, 6.45) is 4.03. The van der Waals surface area contributed by atoms with Crippen LogP contribution < -0.4 is 4.90 Å². The van der Waals surface area contributed by atoms with Gasteiger partial charge in [-0.05, 0) is 47.2 Å². The van der Waals surface area contributed by atoms with Gasteiger partial charge in [0.2, 0.25) is 0 Å². The molecular weight excluding hydrogens is 577 g/mol. The molecule has 206 valence electrons. The number of thiophene rings is 2. The third kappa shape index (κ3) is 3.45. The molecule has 3 nitrogen and oxygen atoms in total. The Bertz CT molecular complexity index is 2640. The molecule has 10 aromatic rings. The van der Waals surface area contributed by atoms with E-state index in [4.69, 9.17) is 9.40 Å². The number of benzene rings is 6. The molecule has 0 bridgehead atoms. The molecule has 0 aliphatic heterocycles. The van der Waals surface area contributed by atoms with Gasteiger partial charge in [-0.25, -0.2) is 0 Å². The first kappa shape index (κ1) is 24.2. The van der Waals surface area contributed by atoms with Crippen LogP contribution in [0.2, 0.25) is 0 Å². The van der Waals surface area contributed by atoms with Crippen LogP contribution in [0, 0.1) is 0 Å². The van der Waals surface area contributed by atoms with Gasteiger partial charge < -0.3 is 9.32 Å². The average Bonchev–Trinajstić information content (AvgIpc) is 3.76. The van der Waals surface area contributed by atoms with Crippen LogP contribution in [0.15, 0.2) is 138 Å². The maximum atomic E-state index is 6.37. The number of para-hydroxylation sites is 1. The van der Waals surface area contributed by atoms with E-state index in [2.05, 4.69) is 114 Å². The highest BCUT2D eigenvalue weighted by Gasteiger charge is 2.21. The first-order valence-corrected chi connectivity index (χ1v) is 16.2. The van der Waals surface area contributed by atoms with Crippen LogP contribution >= 0.6 is 22.7 Å². The van der Waals surface area contributed by atoms with Gasteiger partial charge in [0.05, 0.1) is 16.6 Å². The average molecular weight is 599 g/mol. The third-order valence-corrected chi connectivity index (χ3v) is 11.1. The monoisotopic (exact) mass is 598 g/mol. The number of hydrogen-bond donors (Lipinski definition) is 0. The second-order valence-electron chi connectivity index (χ2n) is 11.2. The van der Waals surface area contributed by atoms with E-state index >= 15 is 0 Å². The van der Waals surface area contributed by atoms with E-state index in [1.807, 2.05) is 47.2 Å². The van der Waals surface area contributed by atoms with Crippen LogP contribution in [0.1, 0.15) is 0 Å². The Kier molecular flexibility index (Phi) is 5.03. The summed E-state index contributed by atoms with van der Waals surface area (Å²) in [5, 5.41) is 9.78. The smallest absolute Gasteiger partial charge is 0.137 e. The molecule has 0 aliphatic rings. The molecule has 0 saturated carbocycles. The lowest BCUT2D eigenvalue weighted by Crippen LogP contribution is -2.10. The van der Waals surface area contributed by atoms with E-state index in [-0.39, 0.29) is 0 Å². The summed E-state index contributed by atoms with van der Waals surface area (Å²) >= 11 is 3.69. The van der Waals surface area contributed by atoms with Crippen molar-refractivity contribution in [1.29, 1.82) is 0 Å². The van der Waals surface area contributed by atoms with Gasteiger partial charge in [0.15, 0.2) is 0 Å². The second kappa shape index (κ2) is 9.13. The van der Waals surface area contributed by atoms with Crippen molar-refractivity contribution in [2.45, 2.75) is 0 Å². The number of anilines is 3. The van der Waals surface area contributed by atoms with Crippen LogP contribution in [0.4, 0.5) is 17.1 Å². The van der Waals surface area contributed by atoms with Gasteiger partial charge in [0.1, 0.15) is 11.2 Å². The molecule has 44 heavy (non-hydrogen) atoms. The lowest BCUT2D eigenvalue weighted by atomic mass is 10.1. The summed E-state index contributed by atoms with van der Waals surface area (Å²) in [5.41, 5.74) is 4.96. The Morgan fingerprint density at radius 2 is 1.18 bits per heavy atom. The lowest BCUT2D eigenvalue weighted by molar-refractivity contribution is 0.669. The maximum Gasteiger partial charge on any atom is 0.137 e. The van der Waals surface area contributed by atoms with Gasteiger partial charge in [0.25, 0.3) is 0 Å². The lowest BCUT2D eigenvalue weighted by Gasteiger charge is -2.25. The quantitative estimate of drug-likeness (QED) is 0.203. The Hall–Kier alpha value is -5.23. The summed E-state index contributed by atoms with van der Waals surface area (Å²) in [6.45, 7) is 0. The minimum atomic E-state index is 0.874. The summed E-state index contributed by atoms with van der Waals surface area (Å²) in [4.78, 5) is 7.18. The van der Waals surface area contributed by atoms with Crippen LogP contribution in [0.3, 0.4) is 0 Å². The van der Waals surface area contributed by atoms with E-state index in [1.54, 1.807) is 0 Å². The predicted molar refractivity (Wildman–Crippen MR) is 189 cm³/mol. The number of furan rings is 1. The number of hydrogen-bond acceptors (Lipinski definition) is 5. The fraction of sp³-hybridized carbons (Fsp3) is 0. The van der Waals surface area contributed by atoms with Crippen molar-refractivity contribution in [2.75, 3.05) is 4.90 Å². The summed E-state index contributed by atoms with van der Waals surface area (Å²) < 4.78 is 11.4. The molecular formula is C39H22N2OS2. The molecule has 10 rings (SSSR count). The van der Waals surface area contributed by atoms with E-state index < -0.39 is 0 Å². The Morgan fingerprint density at radius 3 is 2.11 bits per heavy atom. The number of rotatable bonds is 3. The van der Waals surface area contributed by atoms with Crippen molar-refractivity contribution in [3.63, 3.8) is 0 Å². The fourth-order valence-corrected chi connectivity index (χ4v) is 9.15. The fourth-order valence-electron chi connectivity index (χ4n) is 6.70. The highest BCUT2D eigenvalue weighted by Crippen LogP contribution is 2.47. The molecule has 4 heterocycles. The molecule has 6 aromatic carbocycles. The molecule has 0 unspecified atom stereocenters. The summed E-state index contributed by atoms with van der Waals surface area (Å²) in [7, 11) is 0. The summed E-state index contributed by atoms with van der Waals surface area (Å²) in [6, 6.07) is 43.4. The SMILES string of the molecule is c1ccc2c(c1)ccc1c3cncc(N(c4ccc5c(c4)oc4ccccc45)c4ccc5c(c4)sc4ccccc45)c3sc21. The first-order valence-electron chi connectivity index (χ1n) is 14.6. The van der Waals surface area contributed by atoms with E-state index in [1.165, 1.54) is 51.1 Å². The minimum Gasteiger partial charge on any atom is -0.456 e. The molecule has 0 N–H and O–H groups in total. The Morgan fingerprint density at radius 1 is 0.477 bits per heavy atom. The number of nitrogens with zero attached hydrogens (tertiary/aromatic N) is 2. The van der Waals surface area contributed by atoms with Crippen molar-refractivity contribution in [2.24, 2.45) is 0 Å². The van der Waals surface area contributed by atoms with E-state index in [0.717, 1.165) is 39.0 Å². The van der Waals surface area contributed by atoms with Gasteiger partial charge in [-0.1, -0.05) is 78.9 Å². The normalized spacial score (nSPS) is 12.1. The highest BCUT2D eigenvalue weighted by atomic mass is 32.1. The molecule has 0 amide bonds. The van der Waals surface area contributed by atoms with Crippen LogP contribution in [0.25, 0.3) is 73.1 Å². The van der Waals surface area contributed by atoms with Crippen LogP contribution in [-0.4, -0.2) is 4.98 Å². The second-order valence-corrected chi connectivity index (χ2v) is 13.3. The Labute approximate surface area is 259 Å². The molecule has 0 radical (unpaired) electrons. The number of aromatic nitrogens is 1. The summed E-state index contributed by atoms with van der Waals surface area (Å²) in [5.74, 6) is 0.